The molecule has 2 unspecified atom stereocenters. The molecule has 4 nitrogen and oxygen atoms in total. The third-order valence-electron chi connectivity index (χ3n) is 12.9. The van der Waals surface area contributed by atoms with Gasteiger partial charge in [-0.2, -0.15) is 0 Å². The van der Waals surface area contributed by atoms with E-state index < -0.39 is 19.5 Å². The van der Waals surface area contributed by atoms with E-state index in [1.54, 1.807) is 0 Å². The van der Waals surface area contributed by atoms with E-state index in [1.165, 1.54) is 22.7 Å². The molecule has 0 radical (unpaired) electrons. The Morgan fingerprint density at radius 3 is 2.50 bits per heavy atom. The molecule has 1 aromatic rings. The molecule has 0 aromatic heterocycles. The smallest absolute Gasteiger partial charge is 0.171 e. The van der Waals surface area contributed by atoms with Crippen LogP contribution in [0.25, 0.3) is 0 Å². The van der Waals surface area contributed by atoms with Crippen LogP contribution in [0.3, 0.4) is 0 Å². The fourth-order valence-corrected chi connectivity index (χ4v) is 11.8. The van der Waals surface area contributed by atoms with Crippen molar-refractivity contribution in [3.63, 3.8) is 0 Å². The molecule has 5 fully saturated rings. The number of hydrogen-bond donors (Lipinski definition) is 1. The summed E-state index contributed by atoms with van der Waals surface area (Å²) in [6.45, 7) is 15.5. The number of rotatable bonds is 3. The molecule has 2 spiro atoms. The third-order valence-corrected chi connectivity index (χ3v) is 14.6. The molecule has 1 aliphatic heterocycles. The number of carbonyl (C=O) groups is 1. The predicted octanol–water partition coefficient (Wildman–Crippen LogP) is 7.29. The minimum Gasteiger partial charge on any atom is -0.389 e. The van der Waals surface area contributed by atoms with Gasteiger partial charge in [-0.25, -0.2) is 0 Å². The molecular formula is C35H52O4Si. The zero-order chi connectivity index (χ0) is 28.3. The molecule has 7 atom stereocenters. The molecule has 0 amide bonds. The van der Waals surface area contributed by atoms with Gasteiger partial charge < -0.3 is 14.6 Å². The van der Waals surface area contributed by atoms with Crippen molar-refractivity contribution in [3.05, 3.63) is 34.9 Å². The minimum atomic E-state index is -1.14. The summed E-state index contributed by atoms with van der Waals surface area (Å²) in [5, 5.41) is 12.9. The normalized spacial score (nSPS) is 43.0. The number of ether oxygens (including phenoxy) is 2. The van der Waals surface area contributed by atoms with Gasteiger partial charge in [0.2, 0.25) is 0 Å². The monoisotopic (exact) mass is 564 g/mol. The highest BCUT2D eigenvalue weighted by atomic mass is 28.3. The van der Waals surface area contributed by atoms with Crippen molar-refractivity contribution >= 4 is 13.9 Å². The molecule has 1 N–H and O–H groups in total. The topological polar surface area (TPSA) is 55.8 Å². The van der Waals surface area contributed by atoms with Crippen LogP contribution in [-0.4, -0.2) is 43.6 Å². The van der Waals surface area contributed by atoms with Gasteiger partial charge in [-0.05, 0) is 85.3 Å². The van der Waals surface area contributed by atoms with Crippen molar-refractivity contribution in [3.8, 4) is 0 Å². The minimum absolute atomic E-state index is 0.0185. The van der Waals surface area contributed by atoms with Crippen LogP contribution < -0.4 is 0 Å². The van der Waals surface area contributed by atoms with Crippen molar-refractivity contribution in [1.82, 2.24) is 0 Å². The van der Waals surface area contributed by atoms with E-state index in [0.29, 0.717) is 49.1 Å². The molecule has 40 heavy (non-hydrogen) atoms. The maximum Gasteiger partial charge on any atom is 0.171 e. The summed E-state index contributed by atoms with van der Waals surface area (Å²) in [5.74, 6) is 1.64. The first-order chi connectivity index (χ1) is 18.7. The van der Waals surface area contributed by atoms with E-state index in [9.17, 15) is 9.90 Å². The maximum atomic E-state index is 13.4. The van der Waals surface area contributed by atoms with Gasteiger partial charge in [-0.3, -0.25) is 4.79 Å². The third kappa shape index (κ3) is 4.03. The second kappa shape index (κ2) is 8.77. The summed E-state index contributed by atoms with van der Waals surface area (Å²) in [4.78, 5) is 13.4. The number of benzene rings is 1. The van der Waals surface area contributed by atoms with Gasteiger partial charge in [0, 0.05) is 43.6 Å². The van der Waals surface area contributed by atoms with Crippen LogP contribution in [0.5, 0.6) is 0 Å². The second-order valence-corrected chi connectivity index (χ2v) is 22.9. The quantitative estimate of drug-likeness (QED) is 0.392. The zero-order valence-electron chi connectivity index (χ0n) is 25.9. The van der Waals surface area contributed by atoms with Crippen LogP contribution in [0.15, 0.2) is 18.2 Å². The highest BCUT2D eigenvalue weighted by Gasteiger charge is 2.72. The average molecular weight is 565 g/mol. The van der Waals surface area contributed by atoms with E-state index in [1.807, 2.05) is 0 Å². The molecule has 0 bridgehead atoms. The molecule has 220 valence electrons. The number of Topliss-reactive ketones (excluding diaryl/α,β-unsaturated/α-hetero) is 1. The van der Waals surface area contributed by atoms with Crippen molar-refractivity contribution in [1.29, 1.82) is 0 Å². The number of fused-ring (bicyclic) bond motifs is 4. The lowest BCUT2D eigenvalue weighted by Crippen LogP contribution is -2.70. The van der Waals surface area contributed by atoms with Crippen molar-refractivity contribution in [2.75, 3.05) is 13.2 Å². The van der Waals surface area contributed by atoms with Gasteiger partial charge in [0.1, 0.15) is 5.78 Å². The molecule has 1 aromatic carbocycles. The Morgan fingerprint density at radius 1 is 1.02 bits per heavy atom. The van der Waals surface area contributed by atoms with Crippen LogP contribution in [0.4, 0.5) is 0 Å². The van der Waals surface area contributed by atoms with E-state index in [-0.39, 0.29) is 16.2 Å². The first kappa shape index (κ1) is 27.8. The molecule has 5 heteroatoms. The first-order valence-corrected chi connectivity index (χ1v) is 20.0. The maximum absolute atomic E-state index is 13.4. The first-order valence-electron chi connectivity index (χ1n) is 16.3. The van der Waals surface area contributed by atoms with Crippen molar-refractivity contribution < 1.29 is 19.4 Å². The molecule has 6 aliphatic rings. The van der Waals surface area contributed by atoms with Gasteiger partial charge in [-0.15, -0.1) is 0 Å². The fraction of sp³-hybridized carbons (Fsp3) is 0.800. The second-order valence-electron chi connectivity index (χ2n) is 17.3. The van der Waals surface area contributed by atoms with E-state index >= 15 is 0 Å². The molecule has 1 saturated heterocycles. The lowest BCUT2D eigenvalue weighted by atomic mass is 9.37. The van der Waals surface area contributed by atoms with Gasteiger partial charge in [0.15, 0.2) is 5.79 Å². The van der Waals surface area contributed by atoms with Crippen LogP contribution in [0.2, 0.25) is 25.7 Å². The summed E-state index contributed by atoms with van der Waals surface area (Å²) in [6.07, 6.45) is 9.13. The molecule has 4 saturated carbocycles. The van der Waals surface area contributed by atoms with Crippen LogP contribution in [-0.2, 0) is 27.1 Å². The molecule has 7 rings (SSSR count). The van der Waals surface area contributed by atoms with E-state index in [0.717, 1.165) is 57.8 Å². The predicted molar refractivity (Wildman–Crippen MR) is 161 cm³/mol. The largest absolute Gasteiger partial charge is 0.389 e. The summed E-state index contributed by atoms with van der Waals surface area (Å²) in [6, 6.07) is 8.65. The van der Waals surface area contributed by atoms with E-state index in [2.05, 4.69) is 58.6 Å². The van der Waals surface area contributed by atoms with Crippen LogP contribution in [0, 0.1) is 34.0 Å². The SMILES string of the molecule is CC1(C)COC2(CC[C@@]34Cc5cc(CC[Si](C)(C)C)ccc5C5C[C@]6(C)C(=O)CC[C@H]6[C@H](CC[C@@]3(O)C2)C54)OC1. The number of aryl methyl sites for hydroxylation is 1. The fourth-order valence-electron chi connectivity index (χ4n) is 10.8. The van der Waals surface area contributed by atoms with Crippen LogP contribution in [0.1, 0.15) is 94.7 Å². The zero-order valence-corrected chi connectivity index (χ0v) is 26.9. The highest BCUT2D eigenvalue weighted by Crippen LogP contribution is 2.73. The number of carbonyl (C=O) groups excluding carboxylic acids is 1. The molecule has 1 heterocycles. The standard InChI is InChI=1S/C35H52O4Si/c1-31(2)21-38-35(39-22-31)15-14-33-18-24-17-23(12-16-40(4,5)6)7-8-25(24)27-19-32(3)28(9-10-29(32)36)26(30(27)33)11-13-34(33,37)20-35/h7-8,17,26-28,30,37H,9-16,18-22H2,1-6H3/t26-,27?,28-,30?,32-,33-,34+/m0/s1. The average Bonchev–Trinajstić information content (AvgIpc) is 3.18. The summed E-state index contributed by atoms with van der Waals surface area (Å²) in [5.41, 5.74) is 3.26. The number of ketones is 1. The Balaban J connectivity index is 1.30. The highest BCUT2D eigenvalue weighted by molar-refractivity contribution is 6.76. The Kier molecular flexibility index (Phi) is 6.09. The van der Waals surface area contributed by atoms with Crippen molar-refractivity contribution in [2.45, 2.75) is 128 Å². The Hall–Kier alpha value is -1.01. The Bertz CT molecular complexity index is 1210. The summed E-state index contributed by atoms with van der Waals surface area (Å²) in [7, 11) is -1.14. The lowest BCUT2D eigenvalue weighted by molar-refractivity contribution is -0.357. The van der Waals surface area contributed by atoms with Crippen LogP contribution >= 0.6 is 0 Å². The van der Waals surface area contributed by atoms with Gasteiger partial charge in [0.05, 0.1) is 18.8 Å². The summed E-state index contributed by atoms with van der Waals surface area (Å²) < 4.78 is 13.1. The summed E-state index contributed by atoms with van der Waals surface area (Å²) >= 11 is 0. The molecule has 5 aliphatic carbocycles. The van der Waals surface area contributed by atoms with Gasteiger partial charge >= 0.3 is 0 Å². The number of hydrogen-bond acceptors (Lipinski definition) is 4. The molecular weight excluding hydrogens is 512 g/mol. The Morgan fingerprint density at radius 2 is 1.77 bits per heavy atom. The van der Waals surface area contributed by atoms with Crippen molar-refractivity contribution in [2.24, 2.45) is 34.0 Å². The van der Waals surface area contributed by atoms with Gasteiger partial charge in [-0.1, -0.05) is 64.7 Å². The van der Waals surface area contributed by atoms with E-state index in [4.69, 9.17) is 9.47 Å². The Labute approximate surface area is 243 Å². The number of aliphatic hydroxyl groups is 1. The van der Waals surface area contributed by atoms with Gasteiger partial charge in [0.25, 0.3) is 0 Å². The lowest BCUT2D eigenvalue weighted by Gasteiger charge is -2.69.